The van der Waals surface area contributed by atoms with E-state index in [4.69, 9.17) is 4.74 Å². The average Bonchev–Trinajstić information content (AvgIpc) is 2.56. The van der Waals surface area contributed by atoms with Crippen LogP contribution < -0.4 is 5.32 Å². The molecule has 0 spiro atoms. The van der Waals surface area contributed by atoms with Crippen LogP contribution in [0.25, 0.3) is 11.0 Å². The average molecular weight is 372 g/mol. The van der Waals surface area contributed by atoms with Crippen molar-refractivity contribution in [1.29, 1.82) is 0 Å². The summed E-state index contributed by atoms with van der Waals surface area (Å²) >= 11 is 0. The molecular formula is C20H22ClN3O2. The zero-order valence-electron chi connectivity index (χ0n) is 15.2. The van der Waals surface area contributed by atoms with Crippen molar-refractivity contribution in [2.45, 2.75) is 33.8 Å². The summed E-state index contributed by atoms with van der Waals surface area (Å²) < 4.78 is 5.37. The number of ether oxygens (including phenoxy) is 1. The van der Waals surface area contributed by atoms with E-state index in [1.807, 2.05) is 64.1 Å². The molecule has 0 saturated carbocycles. The van der Waals surface area contributed by atoms with Gasteiger partial charge in [-0.15, -0.1) is 12.4 Å². The zero-order chi connectivity index (χ0) is 18.0. The van der Waals surface area contributed by atoms with Gasteiger partial charge in [0.2, 0.25) is 0 Å². The molecule has 26 heavy (non-hydrogen) atoms. The van der Waals surface area contributed by atoms with Gasteiger partial charge in [-0.3, -0.25) is 0 Å². The quantitative estimate of drug-likeness (QED) is 0.655. The van der Waals surface area contributed by atoms with E-state index in [0.717, 1.165) is 16.8 Å². The van der Waals surface area contributed by atoms with Crippen molar-refractivity contribution in [3.63, 3.8) is 0 Å². The minimum atomic E-state index is -0.403. The molecule has 1 aromatic carbocycles. The summed E-state index contributed by atoms with van der Waals surface area (Å²) in [5.74, 6) is -0.403. The molecule has 5 nitrogen and oxygen atoms in total. The molecule has 0 saturated heterocycles. The Labute approximate surface area is 159 Å². The number of aryl methyl sites for hydroxylation is 2. The molecule has 3 aromatic rings. The third kappa shape index (κ3) is 4.29. The Balaban J connectivity index is 0.00000243. The number of hydrogen-bond acceptors (Lipinski definition) is 5. The molecule has 2 heterocycles. The van der Waals surface area contributed by atoms with Gasteiger partial charge in [-0.05, 0) is 52.0 Å². The summed E-state index contributed by atoms with van der Waals surface area (Å²) in [5, 5.41) is 4.12. The largest absolute Gasteiger partial charge is 0.459 e. The monoisotopic (exact) mass is 371 g/mol. The first kappa shape index (κ1) is 19.7. The summed E-state index contributed by atoms with van der Waals surface area (Å²) in [5.41, 5.74) is 4.58. The lowest BCUT2D eigenvalue weighted by Crippen LogP contribution is -2.14. The highest BCUT2D eigenvalue weighted by atomic mass is 35.5. The van der Waals surface area contributed by atoms with E-state index in [2.05, 4.69) is 15.3 Å². The Kier molecular flexibility index (Phi) is 6.16. The fourth-order valence-electron chi connectivity index (χ4n) is 2.52. The molecule has 0 aliphatic rings. The first-order valence-electron chi connectivity index (χ1n) is 8.25. The second-order valence-electron chi connectivity index (χ2n) is 6.32. The number of carbonyl (C=O) groups excluding carboxylic acids is 1. The summed E-state index contributed by atoms with van der Waals surface area (Å²) in [6, 6.07) is 11.8. The lowest BCUT2D eigenvalue weighted by atomic mass is 10.1. The molecule has 136 valence electrons. The van der Waals surface area contributed by atoms with E-state index in [1.54, 1.807) is 0 Å². The van der Waals surface area contributed by atoms with Gasteiger partial charge in [-0.25, -0.2) is 14.8 Å². The van der Waals surface area contributed by atoms with Crippen LogP contribution in [0.3, 0.4) is 0 Å². The first-order chi connectivity index (χ1) is 11.9. The highest BCUT2D eigenvalue weighted by molar-refractivity contribution is 6.05. The third-order valence-electron chi connectivity index (χ3n) is 3.75. The van der Waals surface area contributed by atoms with E-state index in [-0.39, 0.29) is 18.5 Å². The van der Waals surface area contributed by atoms with Crippen molar-refractivity contribution in [3.05, 3.63) is 59.4 Å². The van der Waals surface area contributed by atoms with Crippen molar-refractivity contribution in [1.82, 2.24) is 9.97 Å². The Hall–Kier alpha value is -2.66. The van der Waals surface area contributed by atoms with Gasteiger partial charge in [0.1, 0.15) is 5.56 Å². The Bertz CT molecular complexity index is 924. The molecule has 0 aliphatic carbocycles. The first-order valence-corrected chi connectivity index (χ1v) is 8.25. The van der Waals surface area contributed by atoms with Crippen LogP contribution in [0.1, 0.15) is 35.5 Å². The van der Waals surface area contributed by atoms with Gasteiger partial charge >= 0.3 is 5.97 Å². The fourth-order valence-corrected chi connectivity index (χ4v) is 2.52. The molecule has 2 aromatic heterocycles. The van der Waals surface area contributed by atoms with Crippen molar-refractivity contribution < 1.29 is 9.53 Å². The second kappa shape index (κ2) is 8.15. The van der Waals surface area contributed by atoms with E-state index in [0.29, 0.717) is 16.9 Å². The van der Waals surface area contributed by atoms with Crippen LogP contribution in [0, 0.1) is 13.8 Å². The molecular weight excluding hydrogens is 350 g/mol. The van der Waals surface area contributed by atoms with Crippen molar-refractivity contribution >= 4 is 40.8 Å². The van der Waals surface area contributed by atoms with Crippen LogP contribution in [0.5, 0.6) is 0 Å². The highest BCUT2D eigenvalue weighted by Gasteiger charge is 2.18. The van der Waals surface area contributed by atoms with Crippen LogP contribution in [-0.2, 0) is 4.74 Å². The van der Waals surface area contributed by atoms with Gasteiger partial charge in [-0.1, -0.05) is 17.7 Å². The van der Waals surface area contributed by atoms with Gasteiger partial charge < -0.3 is 10.1 Å². The van der Waals surface area contributed by atoms with Gasteiger partial charge in [0.25, 0.3) is 0 Å². The predicted octanol–water partition coefficient (Wildman–Crippen LogP) is 4.98. The number of fused-ring (bicyclic) bond motifs is 1. The SMILES string of the molecule is Cc1ccc(Nc2c(C(=O)OC(C)C)cnc3nc(C)ccc23)cc1.Cl. The minimum Gasteiger partial charge on any atom is -0.459 e. The van der Waals surface area contributed by atoms with Crippen LogP contribution in [0.2, 0.25) is 0 Å². The number of anilines is 2. The molecule has 0 unspecified atom stereocenters. The topological polar surface area (TPSA) is 64.1 Å². The highest BCUT2D eigenvalue weighted by Crippen LogP contribution is 2.29. The lowest BCUT2D eigenvalue weighted by Gasteiger charge is -2.15. The Morgan fingerprint density at radius 1 is 1.08 bits per heavy atom. The van der Waals surface area contributed by atoms with Crippen molar-refractivity contribution in [2.75, 3.05) is 5.32 Å². The summed E-state index contributed by atoms with van der Waals surface area (Å²) in [7, 11) is 0. The minimum absolute atomic E-state index is 0. The number of pyridine rings is 2. The maximum Gasteiger partial charge on any atom is 0.342 e. The normalized spacial score (nSPS) is 10.5. The van der Waals surface area contributed by atoms with Gasteiger partial charge in [0.15, 0.2) is 5.65 Å². The van der Waals surface area contributed by atoms with Gasteiger partial charge in [-0.2, -0.15) is 0 Å². The number of nitrogens with zero attached hydrogens (tertiary/aromatic N) is 2. The number of carbonyl (C=O) groups is 1. The Morgan fingerprint density at radius 3 is 2.42 bits per heavy atom. The number of rotatable bonds is 4. The number of nitrogens with one attached hydrogen (secondary N) is 1. The maximum atomic E-state index is 12.5. The van der Waals surface area contributed by atoms with Gasteiger partial charge in [0.05, 0.1) is 11.8 Å². The third-order valence-corrected chi connectivity index (χ3v) is 3.75. The number of halogens is 1. The molecule has 0 atom stereocenters. The van der Waals surface area contributed by atoms with Crippen LogP contribution in [0.4, 0.5) is 11.4 Å². The standard InChI is InChI=1S/C20H21N3O2.ClH/c1-12(2)25-20(24)17-11-21-19-16(10-7-14(4)22-19)18(17)23-15-8-5-13(3)6-9-15;/h5-12H,1-4H3,(H,21,22,23);1H. The lowest BCUT2D eigenvalue weighted by molar-refractivity contribution is 0.0379. The molecule has 0 bridgehead atoms. The molecule has 0 radical (unpaired) electrons. The molecule has 6 heteroatoms. The van der Waals surface area contributed by atoms with Crippen LogP contribution in [0.15, 0.2) is 42.6 Å². The van der Waals surface area contributed by atoms with Crippen molar-refractivity contribution in [2.24, 2.45) is 0 Å². The number of aromatic nitrogens is 2. The maximum absolute atomic E-state index is 12.5. The fraction of sp³-hybridized carbons (Fsp3) is 0.250. The molecule has 3 rings (SSSR count). The number of hydrogen-bond donors (Lipinski definition) is 1. The predicted molar refractivity (Wildman–Crippen MR) is 107 cm³/mol. The zero-order valence-corrected chi connectivity index (χ0v) is 16.1. The van der Waals surface area contributed by atoms with E-state index in [9.17, 15) is 4.79 Å². The summed E-state index contributed by atoms with van der Waals surface area (Å²) in [6.07, 6.45) is 1.32. The smallest absolute Gasteiger partial charge is 0.342 e. The summed E-state index contributed by atoms with van der Waals surface area (Å²) in [4.78, 5) is 21.3. The molecule has 0 aliphatic heterocycles. The van der Waals surface area contributed by atoms with Crippen LogP contribution >= 0.6 is 12.4 Å². The number of benzene rings is 1. The summed E-state index contributed by atoms with van der Waals surface area (Å²) in [6.45, 7) is 7.59. The molecule has 0 amide bonds. The Morgan fingerprint density at radius 2 is 1.77 bits per heavy atom. The van der Waals surface area contributed by atoms with E-state index >= 15 is 0 Å². The van der Waals surface area contributed by atoms with E-state index in [1.165, 1.54) is 11.8 Å². The van der Waals surface area contributed by atoms with Crippen LogP contribution in [-0.4, -0.2) is 22.0 Å². The van der Waals surface area contributed by atoms with Gasteiger partial charge in [0, 0.05) is 23.0 Å². The molecule has 1 N–H and O–H groups in total. The number of esters is 1. The van der Waals surface area contributed by atoms with E-state index < -0.39 is 5.97 Å². The van der Waals surface area contributed by atoms with Crippen molar-refractivity contribution in [3.8, 4) is 0 Å². The second-order valence-corrected chi connectivity index (χ2v) is 6.32. The molecule has 0 fully saturated rings.